The molecule has 62 valence electrons. The van der Waals surface area contributed by atoms with Crippen LogP contribution in [0.4, 0.5) is 0 Å². The average Bonchev–Trinajstić information content (AvgIpc) is 2.46. The Kier molecular flexibility index (Phi) is 1.57. The van der Waals surface area contributed by atoms with Gasteiger partial charge in [0.1, 0.15) is 0 Å². The Morgan fingerprint density at radius 2 is 2.25 bits per heavy atom. The van der Waals surface area contributed by atoms with Crippen molar-refractivity contribution in [3.05, 3.63) is 24.2 Å². The monoisotopic (exact) mass is 161 g/mol. The van der Waals surface area contributed by atoms with Crippen LogP contribution in [0, 0.1) is 0 Å². The van der Waals surface area contributed by atoms with Gasteiger partial charge in [-0.05, 0) is 12.0 Å². The van der Waals surface area contributed by atoms with E-state index in [1.54, 1.807) is 6.20 Å². The summed E-state index contributed by atoms with van der Waals surface area (Å²) in [6.45, 7) is 2.14. The van der Waals surface area contributed by atoms with Crippen molar-refractivity contribution in [2.45, 2.75) is 13.3 Å². The zero-order chi connectivity index (χ0) is 8.55. The second-order valence-corrected chi connectivity index (χ2v) is 2.88. The first-order valence-corrected chi connectivity index (χ1v) is 4.07. The van der Waals surface area contributed by atoms with Gasteiger partial charge in [-0.2, -0.15) is 5.10 Å². The minimum absolute atomic E-state index is 0.991. The molecule has 0 N–H and O–H groups in total. The maximum absolute atomic E-state index is 4.25. The predicted octanol–water partition coefficient (Wildman–Crippen LogP) is 1.48. The molecule has 2 aliphatic heterocycles. The Labute approximate surface area is 71.4 Å². The largest absolute Gasteiger partial charge is 0.275 e. The summed E-state index contributed by atoms with van der Waals surface area (Å²) in [5, 5.41) is 4.11. The molecule has 3 nitrogen and oxygen atoms in total. The summed E-state index contributed by atoms with van der Waals surface area (Å²) in [7, 11) is 1.92. The van der Waals surface area contributed by atoms with E-state index in [1.807, 2.05) is 24.1 Å². The molecule has 3 heteroatoms. The SMILES string of the molecule is CCc1cnc2cnn(C)cc1-2. The fourth-order valence-corrected chi connectivity index (χ4v) is 1.35. The van der Waals surface area contributed by atoms with Crippen molar-refractivity contribution >= 4 is 0 Å². The van der Waals surface area contributed by atoms with E-state index in [9.17, 15) is 0 Å². The van der Waals surface area contributed by atoms with Gasteiger partial charge < -0.3 is 0 Å². The molecule has 0 atom stereocenters. The zero-order valence-electron chi connectivity index (χ0n) is 7.28. The van der Waals surface area contributed by atoms with E-state index in [0.717, 1.165) is 12.1 Å². The van der Waals surface area contributed by atoms with Gasteiger partial charge in [0.2, 0.25) is 0 Å². The van der Waals surface area contributed by atoms with E-state index in [4.69, 9.17) is 0 Å². The van der Waals surface area contributed by atoms with Crippen molar-refractivity contribution in [2.24, 2.45) is 7.05 Å². The molecule has 0 aromatic heterocycles. The third kappa shape index (κ3) is 0.978. The van der Waals surface area contributed by atoms with Crippen LogP contribution in [-0.2, 0) is 13.5 Å². The van der Waals surface area contributed by atoms with Gasteiger partial charge in [-0.1, -0.05) is 6.92 Å². The van der Waals surface area contributed by atoms with Gasteiger partial charge in [-0.15, -0.1) is 0 Å². The maximum atomic E-state index is 4.25. The van der Waals surface area contributed by atoms with Crippen LogP contribution in [0.25, 0.3) is 11.3 Å². The highest BCUT2D eigenvalue weighted by Crippen LogP contribution is 2.23. The van der Waals surface area contributed by atoms with E-state index < -0.39 is 0 Å². The molecule has 0 bridgehead atoms. The molecule has 0 saturated heterocycles. The van der Waals surface area contributed by atoms with Gasteiger partial charge in [0.05, 0.1) is 11.9 Å². The quantitative estimate of drug-likeness (QED) is 0.634. The van der Waals surface area contributed by atoms with Crippen LogP contribution in [0.3, 0.4) is 0 Å². The van der Waals surface area contributed by atoms with Crippen molar-refractivity contribution in [3.8, 4) is 11.3 Å². The molecule has 0 aliphatic carbocycles. The molecule has 0 aromatic rings. The number of aryl methyl sites for hydroxylation is 2. The number of hydrogen-bond donors (Lipinski definition) is 0. The van der Waals surface area contributed by atoms with Crippen LogP contribution in [0.2, 0.25) is 0 Å². The van der Waals surface area contributed by atoms with E-state index in [-0.39, 0.29) is 0 Å². The van der Waals surface area contributed by atoms with Crippen molar-refractivity contribution in [3.63, 3.8) is 0 Å². The van der Waals surface area contributed by atoms with Crippen molar-refractivity contribution in [2.75, 3.05) is 0 Å². The minimum Gasteiger partial charge on any atom is -0.275 e. The zero-order valence-corrected chi connectivity index (χ0v) is 7.28. The predicted molar refractivity (Wildman–Crippen MR) is 47.0 cm³/mol. The molecule has 0 fully saturated rings. The molecule has 0 spiro atoms. The van der Waals surface area contributed by atoms with Gasteiger partial charge >= 0.3 is 0 Å². The van der Waals surface area contributed by atoms with Gasteiger partial charge in [0, 0.05) is 25.0 Å². The van der Waals surface area contributed by atoms with Crippen LogP contribution < -0.4 is 0 Å². The van der Waals surface area contributed by atoms with Gasteiger partial charge in [0.15, 0.2) is 0 Å². The molecule has 2 heterocycles. The Morgan fingerprint density at radius 1 is 1.42 bits per heavy atom. The molecule has 0 aromatic carbocycles. The third-order valence-corrected chi connectivity index (χ3v) is 2.04. The molecule has 2 aliphatic rings. The topological polar surface area (TPSA) is 30.7 Å². The second-order valence-electron chi connectivity index (χ2n) is 2.88. The van der Waals surface area contributed by atoms with Crippen molar-refractivity contribution < 1.29 is 0 Å². The molecule has 0 saturated carbocycles. The van der Waals surface area contributed by atoms with E-state index >= 15 is 0 Å². The van der Waals surface area contributed by atoms with Gasteiger partial charge in [-0.3, -0.25) is 9.67 Å². The molecule has 0 unspecified atom stereocenters. The second kappa shape index (κ2) is 2.59. The minimum atomic E-state index is 0.991. The first kappa shape index (κ1) is 7.28. The number of nitrogens with zero attached hydrogens (tertiary/aromatic N) is 3. The lowest BCUT2D eigenvalue weighted by Gasteiger charge is -2.02. The van der Waals surface area contributed by atoms with Crippen LogP contribution in [-0.4, -0.2) is 14.8 Å². The summed E-state index contributed by atoms with van der Waals surface area (Å²) in [6, 6.07) is 0. The molecule has 2 rings (SSSR count). The number of aromatic nitrogens is 3. The summed E-state index contributed by atoms with van der Waals surface area (Å²) >= 11 is 0. The Morgan fingerprint density at radius 3 is 3.00 bits per heavy atom. The molecular formula is C9H11N3. The highest BCUT2D eigenvalue weighted by atomic mass is 15.2. The van der Waals surface area contributed by atoms with Gasteiger partial charge in [-0.25, -0.2) is 0 Å². The fourth-order valence-electron chi connectivity index (χ4n) is 1.35. The standard InChI is InChI=1S/C9H11N3/c1-3-7-4-10-9-5-11-12(2)6-8(7)9/h4-6H,3H2,1-2H3. The number of rotatable bonds is 1. The van der Waals surface area contributed by atoms with Crippen molar-refractivity contribution in [1.82, 2.24) is 14.8 Å². The van der Waals surface area contributed by atoms with E-state index in [1.165, 1.54) is 11.1 Å². The van der Waals surface area contributed by atoms with Gasteiger partial charge in [0.25, 0.3) is 0 Å². The smallest absolute Gasteiger partial charge is 0.0921 e. The summed E-state index contributed by atoms with van der Waals surface area (Å²) in [5.74, 6) is 0. The number of fused-ring (bicyclic) bond motifs is 1. The Bertz CT molecular complexity index is 364. The molecule has 12 heavy (non-hydrogen) atoms. The summed E-state index contributed by atoms with van der Waals surface area (Å²) in [4.78, 5) is 4.25. The first-order valence-electron chi connectivity index (χ1n) is 4.07. The molecular weight excluding hydrogens is 150 g/mol. The maximum Gasteiger partial charge on any atom is 0.0921 e. The fraction of sp³-hybridized carbons (Fsp3) is 0.333. The third-order valence-electron chi connectivity index (χ3n) is 2.04. The summed E-state index contributed by atoms with van der Waals surface area (Å²) < 4.78 is 1.81. The normalized spacial score (nSPS) is 10.8. The van der Waals surface area contributed by atoms with Crippen molar-refractivity contribution in [1.29, 1.82) is 0 Å². The lowest BCUT2D eigenvalue weighted by molar-refractivity contribution is 0.738. The number of hydrogen-bond acceptors (Lipinski definition) is 2. The Hall–Kier alpha value is -1.38. The summed E-state index contributed by atoms with van der Waals surface area (Å²) in [6.07, 6.45) is 6.77. The van der Waals surface area contributed by atoms with Crippen LogP contribution >= 0.6 is 0 Å². The Balaban J connectivity index is 2.65. The van der Waals surface area contributed by atoms with E-state index in [2.05, 4.69) is 17.0 Å². The summed E-state index contributed by atoms with van der Waals surface area (Å²) in [5.41, 5.74) is 3.50. The average molecular weight is 161 g/mol. The molecule has 0 radical (unpaired) electrons. The highest BCUT2D eigenvalue weighted by Gasteiger charge is 2.09. The lowest BCUT2D eigenvalue weighted by atomic mass is 10.1. The van der Waals surface area contributed by atoms with E-state index in [0.29, 0.717) is 0 Å². The molecule has 0 amide bonds. The van der Waals surface area contributed by atoms with Crippen LogP contribution in [0.15, 0.2) is 18.6 Å². The highest BCUT2D eigenvalue weighted by molar-refractivity contribution is 5.63. The lowest BCUT2D eigenvalue weighted by Crippen LogP contribution is -1.97. The van der Waals surface area contributed by atoms with Crippen LogP contribution in [0.5, 0.6) is 0 Å². The first-order chi connectivity index (χ1) is 5.81. The van der Waals surface area contributed by atoms with Crippen LogP contribution in [0.1, 0.15) is 12.5 Å².